The molecule has 0 aromatic heterocycles. The van der Waals surface area contributed by atoms with Crippen LogP contribution in [0.1, 0.15) is 26.2 Å². The van der Waals surface area contributed by atoms with Crippen LogP contribution in [-0.4, -0.2) is 36.9 Å². The van der Waals surface area contributed by atoms with Gasteiger partial charge in [-0.25, -0.2) is 0 Å². The fourth-order valence-corrected chi connectivity index (χ4v) is 0.842. The Kier molecular flexibility index (Phi) is 7.83. The second kappa shape index (κ2) is 8.50. The van der Waals surface area contributed by atoms with Crippen LogP contribution in [0, 0.1) is 0 Å². The monoisotopic (exact) mass is 204 g/mol. The molecule has 0 amide bonds. The lowest BCUT2D eigenvalue weighted by Crippen LogP contribution is -2.10. The molecule has 82 valence electrons. The molecule has 1 N–H and O–H groups in total. The van der Waals surface area contributed by atoms with Gasteiger partial charge in [0, 0.05) is 12.8 Å². The van der Waals surface area contributed by atoms with Gasteiger partial charge in [0.2, 0.25) is 0 Å². The molecular weight excluding hydrogens is 188 g/mol. The van der Waals surface area contributed by atoms with Crippen molar-refractivity contribution < 1.29 is 24.2 Å². The third-order valence-corrected chi connectivity index (χ3v) is 1.42. The summed E-state index contributed by atoms with van der Waals surface area (Å²) in [5, 5.41) is 8.35. The maximum absolute atomic E-state index is 10.9. The maximum Gasteiger partial charge on any atom is 0.305 e. The van der Waals surface area contributed by atoms with Gasteiger partial charge in [0.1, 0.15) is 6.61 Å². The molecule has 0 aliphatic heterocycles. The van der Waals surface area contributed by atoms with E-state index in [0.717, 1.165) is 0 Å². The minimum absolute atomic E-state index is 0.0121. The largest absolute Gasteiger partial charge is 0.466 e. The summed E-state index contributed by atoms with van der Waals surface area (Å²) in [7, 11) is 0. The van der Waals surface area contributed by atoms with E-state index >= 15 is 0 Å². The van der Waals surface area contributed by atoms with Gasteiger partial charge in [-0.15, -0.1) is 0 Å². The van der Waals surface area contributed by atoms with Crippen molar-refractivity contribution in [3.05, 3.63) is 0 Å². The molecule has 0 atom stereocenters. The highest BCUT2D eigenvalue weighted by Crippen LogP contribution is 1.99. The quantitative estimate of drug-likeness (QED) is 0.602. The first-order chi connectivity index (χ1) is 6.70. The van der Waals surface area contributed by atoms with Crippen LogP contribution >= 0.6 is 0 Å². The topological polar surface area (TPSA) is 72.8 Å². The minimum Gasteiger partial charge on any atom is -0.466 e. The Morgan fingerprint density at radius 3 is 2.21 bits per heavy atom. The van der Waals surface area contributed by atoms with Crippen LogP contribution in [0.2, 0.25) is 0 Å². The standard InChI is InChI=1S/C9H16O5/c1-2-13-8(11)4-3-5-9(12)14-7-6-10/h10H,2-7H2,1H3. The maximum atomic E-state index is 10.9. The van der Waals surface area contributed by atoms with E-state index < -0.39 is 5.97 Å². The van der Waals surface area contributed by atoms with Gasteiger partial charge in [-0.05, 0) is 13.3 Å². The molecule has 0 saturated heterocycles. The molecule has 0 aromatic rings. The second-order valence-corrected chi connectivity index (χ2v) is 2.60. The summed E-state index contributed by atoms with van der Waals surface area (Å²) in [6, 6.07) is 0. The van der Waals surface area contributed by atoms with Gasteiger partial charge in [-0.2, -0.15) is 0 Å². The Morgan fingerprint density at radius 2 is 1.71 bits per heavy atom. The number of hydrogen-bond acceptors (Lipinski definition) is 5. The van der Waals surface area contributed by atoms with Gasteiger partial charge in [0.05, 0.1) is 13.2 Å². The normalized spacial score (nSPS) is 9.57. The lowest BCUT2D eigenvalue weighted by atomic mass is 10.2. The van der Waals surface area contributed by atoms with Crippen molar-refractivity contribution in [1.82, 2.24) is 0 Å². The summed E-state index contributed by atoms with van der Waals surface area (Å²) in [5.74, 6) is -0.703. The molecule has 0 heterocycles. The molecule has 0 rings (SSSR count). The van der Waals surface area contributed by atoms with Gasteiger partial charge in [-0.3, -0.25) is 9.59 Å². The molecule has 0 fully saturated rings. The highest BCUT2D eigenvalue weighted by molar-refractivity contribution is 5.72. The molecule has 0 aliphatic carbocycles. The highest BCUT2D eigenvalue weighted by Gasteiger charge is 2.05. The van der Waals surface area contributed by atoms with E-state index in [4.69, 9.17) is 5.11 Å². The smallest absolute Gasteiger partial charge is 0.305 e. The summed E-state index contributed by atoms with van der Waals surface area (Å²) in [4.78, 5) is 21.7. The SMILES string of the molecule is CCOC(=O)CCCC(=O)OCCO. The van der Waals surface area contributed by atoms with Crippen molar-refractivity contribution in [2.45, 2.75) is 26.2 Å². The number of rotatable bonds is 7. The van der Waals surface area contributed by atoms with Crippen molar-refractivity contribution in [2.24, 2.45) is 0 Å². The number of carbonyl (C=O) groups excluding carboxylic acids is 2. The Bertz CT molecular complexity index is 178. The van der Waals surface area contributed by atoms with Crippen LogP contribution < -0.4 is 0 Å². The van der Waals surface area contributed by atoms with E-state index in [1.165, 1.54) is 0 Å². The van der Waals surface area contributed by atoms with E-state index in [1.807, 2.05) is 0 Å². The summed E-state index contributed by atoms with van der Waals surface area (Å²) in [6.07, 6.45) is 0.823. The first-order valence-electron chi connectivity index (χ1n) is 4.62. The van der Waals surface area contributed by atoms with E-state index in [-0.39, 0.29) is 32.0 Å². The number of carbonyl (C=O) groups is 2. The van der Waals surface area contributed by atoms with Crippen molar-refractivity contribution in [3.63, 3.8) is 0 Å². The Morgan fingerprint density at radius 1 is 1.14 bits per heavy atom. The number of ether oxygens (including phenoxy) is 2. The zero-order valence-electron chi connectivity index (χ0n) is 8.32. The van der Waals surface area contributed by atoms with Gasteiger partial charge < -0.3 is 14.6 Å². The van der Waals surface area contributed by atoms with Crippen LogP contribution in [0.5, 0.6) is 0 Å². The van der Waals surface area contributed by atoms with Crippen LogP contribution in [0.15, 0.2) is 0 Å². The Labute approximate surface area is 83.0 Å². The number of hydrogen-bond donors (Lipinski definition) is 1. The first kappa shape index (κ1) is 12.9. The second-order valence-electron chi connectivity index (χ2n) is 2.60. The van der Waals surface area contributed by atoms with Crippen LogP contribution in [0.3, 0.4) is 0 Å². The molecule has 0 aliphatic rings. The van der Waals surface area contributed by atoms with Crippen LogP contribution in [-0.2, 0) is 19.1 Å². The highest BCUT2D eigenvalue weighted by atomic mass is 16.5. The van der Waals surface area contributed by atoms with Crippen molar-refractivity contribution >= 4 is 11.9 Å². The van der Waals surface area contributed by atoms with Crippen molar-refractivity contribution in [3.8, 4) is 0 Å². The fourth-order valence-electron chi connectivity index (χ4n) is 0.842. The fraction of sp³-hybridized carbons (Fsp3) is 0.778. The lowest BCUT2D eigenvalue weighted by Gasteiger charge is -2.02. The number of esters is 2. The molecule has 5 heteroatoms. The molecule has 0 saturated carbocycles. The lowest BCUT2D eigenvalue weighted by molar-refractivity contribution is -0.145. The molecular formula is C9H16O5. The minimum atomic E-state index is -0.400. The summed E-state index contributed by atoms with van der Waals surface area (Å²) in [6.45, 7) is 1.92. The van der Waals surface area contributed by atoms with Gasteiger partial charge in [0.15, 0.2) is 0 Å². The Hall–Kier alpha value is -1.10. The number of aliphatic hydroxyl groups excluding tert-OH is 1. The van der Waals surface area contributed by atoms with Crippen molar-refractivity contribution in [2.75, 3.05) is 19.8 Å². The van der Waals surface area contributed by atoms with Crippen LogP contribution in [0.25, 0.3) is 0 Å². The van der Waals surface area contributed by atoms with Gasteiger partial charge in [-0.1, -0.05) is 0 Å². The molecule has 0 aromatic carbocycles. The summed E-state index contributed by atoms with van der Waals surface area (Å²) < 4.78 is 9.27. The molecule has 5 nitrogen and oxygen atoms in total. The average Bonchev–Trinajstić information content (AvgIpc) is 2.15. The van der Waals surface area contributed by atoms with E-state index in [1.54, 1.807) is 6.92 Å². The molecule has 0 bridgehead atoms. The molecule has 0 radical (unpaired) electrons. The predicted octanol–water partition coefficient (Wildman–Crippen LogP) is 0.255. The van der Waals surface area contributed by atoms with E-state index in [0.29, 0.717) is 13.0 Å². The van der Waals surface area contributed by atoms with Crippen molar-refractivity contribution in [1.29, 1.82) is 0 Å². The van der Waals surface area contributed by atoms with Gasteiger partial charge >= 0.3 is 11.9 Å². The molecule has 0 unspecified atom stereocenters. The Balaban J connectivity index is 3.34. The number of aliphatic hydroxyl groups is 1. The predicted molar refractivity (Wildman–Crippen MR) is 48.5 cm³/mol. The third-order valence-electron chi connectivity index (χ3n) is 1.42. The third kappa shape index (κ3) is 7.54. The van der Waals surface area contributed by atoms with E-state index in [9.17, 15) is 9.59 Å². The summed E-state index contributed by atoms with van der Waals surface area (Å²) >= 11 is 0. The zero-order valence-corrected chi connectivity index (χ0v) is 8.32. The first-order valence-corrected chi connectivity index (χ1v) is 4.62. The average molecular weight is 204 g/mol. The molecule has 0 spiro atoms. The summed E-state index contributed by atoms with van der Waals surface area (Å²) in [5.41, 5.74) is 0. The van der Waals surface area contributed by atoms with Gasteiger partial charge in [0.25, 0.3) is 0 Å². The van der Waals surface area contributed by atoms with E-state index in [2.05, 4.69) is 9.47 Å². The molecule has 14 heavy (non-hydrogen) atoms. The zero-order chi connectivity index (χ0) is 10.8. The van der Waals surface area contributed by atoms with Crippen LogP contribution in [0.4, 0.5) is 0 Å².